The maximum absolute atomic E-state index is 12.2. The van der Waals surface area contributed by atoms with Crippen LogP contribution in [0.15, 0.2) is 21.8 Å². The number of carbonyl (C=O) groups excluding carboxylic acids is 1. The number of aliphatic imine (C=N–C) groups is 1. The molecule has 31 heavy (non-hydrogen) atoms. The van der Waals surface area contributed by atoms with Gasteiger partial charge in [-0.15, -0.1) is 24.0 Å². The number of aromatic nitrogens is 1. The molecule has 0 bridgehead atoms. The maximum Gasteiger partial charge on any atom is 0.407 e. The molecular weight excluding hydrogens is 511 g/mol. The van der Waals surface area contributed by atoms with E-state index in [1.807, 2.05) is 26.8 Å². The fourth-order valence-corrected chi connectivity index (χ4v) is 3.32. The lowest BCUT2D eigenvalue weighted by Crippen LogP contribution is -2.52. The smallest absolute Gasteiger partial charge is 0.407 e. The zero-order valence-corrected chi connectivity index (χ0v) is 21.8. The van der Waals surface area contributed by atoms with E-state index in [4.69, 9.17) is 14.3 Å². The number of amides is 1. The van der Waals surface area contributed by atoms with Gasteiger partial charge in [-0.25, -0.2) is 4.79 Å². The molecule has 0 aromatic carbocycles. The fourth-order valence-electron chi connectivity index (χ4n) is 3.32. The molecular formula is C21H39IN6O3. The van der Waals surface area contributed by atoms with E-state index in [-0.39, 0.29) is 36.1 Å². The topological polar surface area (TPSA) is 95.2 Å². The van der Waals surface area contributed by atoms with E-state index in [0.29, 0.717) is 6.54 Å². The number of carbonyl (C=O) groups is 1. The number of halogens is 1. The second-order valence-electron chi connectivity index (χ2n) is 8.58. The van der Waals surface area contributed by atoms with Gasteiger partial charge >= 0.3 is 6.09 Å². The summed E-state index contributed by atoms with van der Waals surface area (Å²) < 4.78 is 10.3. The molecule has 0 saturated carbocycles. The fraction of sp³-hybridized carbons (Fsp3) is 0.762. The van der Waals surface area contributed by atoms with Gasteiger partial charge in [0.1, 0.15) is 11.9 Å². The number of piperazine rings is 1. The zero-order chi connectivity index (χ0) is 22.0. The Morgan fingerprint density at radius 3 is 2.55 bits per heavy atom. The van der Waals surface area contributed by atoms with E-state index in [1.54, 1.807) is 6.26 Å². The molecule has 2 heterocycles. The highest BCUT2D eigenvalue weighted by Crippen LogP contribution is 2.09. The number of rotatable bonds is 8. The van der Waals surface area contributed by atoms with Gasteiger partial charge in [0.05, 0.1) is 18.3 Å². The third-order valence-corrected chi connectivity index (χ3v) is 4.70. The van der Waals surface area contributed by atoms with Crippen molar-refractivity contribution in [1.29, 1.82) is 0 Å². The largest absolute Gasteiger partial charge is 0.444 e. The second-order valence-corrected chi connectivity index (χ2v) is 8.58. The van der Waals surface area contributed by atoms with Crippen LogP contribution in [0.5, 0.6) is 0 Å². The Balaban J connectivity index is 0.00000480. The monoisotopic (exact) mass is 550 g/mol. The Bertz CT molecular complexity index is 655. The number of guanidine groups is 1. The molecule has 1 aromatic heterocycles. The van der Waals surface area contributed by atoms with Crippen LogP contribution in [-0.2, 0) is 11.3 Å². The first-order valence-electron chi connectivity index (χ1n) is 10.9. The van der Waals surface area contributed by atoms with Gasteiger partial charge in [0, 0.05) is 45.3 Å². The van der Waals surface area contributed by atoms with Gasteiger partial charge in [-0.2, -0.15) is 0 Å². The van der Waals surface area contributed by atoms with Crippen molar-refractivity contribution in [2.75, 3.05) is 39.3 Å². The van der Waals surface area contributed by atoms with Crippen molar-refractivity contribution in [1.82, 2.24) is 25.6 Å². The Kier molecular flexibility index (Phi) is 12.2. The van der Waals surface area contributed by atoms with Gasteiger partial charge in [-0.05, 0) is 34.1 Å². The Morgan fingerprint density at radius 1 is 1.29 bits per heavy atom. The number of hydrogen-bond donors (Lipinski definition) is 2. The summed E-state index contributed by atoms with van der Waals surface area (Å²) in [4.78, 5) is 21.6. The van der Waals surface area contributed by atoms with E-state index in [2.05, 4.69) is 39.4 Å². The normalized spacial score (nSPS) is 16.4. The van der Waals surface area contributed by atoms with Crippen LogP contribution >= 0.6 is 24.0 Å². The average Bonchev–Trinajstić information content (AvgIpc) is 3.17. The van der Waals surface area contributed by atoms with Crippen molar-refractivity contribution >= 4 is 36.0 Å². The molecule has 1 unspecified atom stereocenters. The Labute approximate surface area is 203 Å². The summed E-state index contributed by atoms with van der Waals surface area (Å²) in [6.07, 6.45) is 3.04. The minimum Gasteiger partial charge on any atom is -0.444 e. The highest BCUT2D eigenvalue weighted by molar-refractivity contribution is 14.0. The number of nitrogens with one attached hydrogen (secondary N) is 2. The molecule has 0 radical (unpaired) electrons. The van der Waals surface area contributed by atoms with Crippen LogP contribution in [0.2, 0.25) is 0 Å². The Morgan fingerprint density at radius 2 is 2.00 bits per heavy atom. The first kappa shape index (κ1) is 27.5. The zero-order valence-electron chi connectivity index (χ0n) is 19.5. The third kappa shape index (κ3) is 10.5. The van der Waals surface area contributed by atoms with E-state index in [9.17, 15) is 4.79 Å². The Hall–Kier alpha value is -1.56. The lowest BCUT2D eigenvalue weighted by atomic mass is 10.1. The van der Waals surface area contributed by atoms with E-state index in [1.165, 1.54) is 0 Å². The molecule has 1 atom stereocenters. The molecule has 1 aromatic rings. The van der Waals surface area contributed by atoms with Gasteiger partial charge < -0.3 is 24.8 Å². The first-order valence-corrected chi connectivity index (χ1v) is 10.9. The molecule has 1 saturated heterocycles. The van der Waals surface area contributed by atoms with Crippen LogP contribution in [-0.4, -0.2) is 77.9 Å². The van der Waals surface area contributed by atoms with Crippen LogP contribution in [0.25, 0.3) is 0 Å². The van der Waals surface area contributed by atoms with Crippen molar-refractivity contribution < 1.29 is 14.1 Å². The van der Waals surface area contributed by atoms with Crippen LogP contribution in [0, 0.1) is 0 Å². The average molecular weight is 550 g/mol. The van der Waals surface area contributed by atoms with Crippen LogP contribution in [0.4, 0.5) is 4.79 Å². The quantitative estimate of drug-likeness (QED) is 0.292. The van der Waals surface area contributed by atoms with E-state index >= 15 is 0 Å². The van der Waals surface area contributed by atoms with Crippen LogP contribution in [0.1, 0.15) is 53.2 Å². The van der Waals surface area contributed by atoms with Crippen molar-refractivity contribution in [3.05, 3.63) is 18.0 Å². The second kappa shape index (κ2) is 13.8. The molecule has 1 aliphatic heterocycles. The minimum atomic E-state index is -0.509. The number of alkyl carbamates (subject to hydrolysis) is 1. The van der Waals surface area contributed by atoms with Crippen molar-refractivity contribution in [2.45, 2.75) is 65.6 Å². The summed E-state index contributed by atoms with van der Waals surface area (Å²) in [6.45, 7) is 15.6. The molecule has 2 rings (SSSR count). The molecule has 1 amide bonds. The maximum atomic E-state index is 12.2. The molecule has 9 nitrogen and oxygen atoms in total. The van der Waals surface area contributed by atoms with E-state index in [0.717, 1.165) is 63.8 Å². The summed E-state index contributed by atoms with van der Waals surface area (Å²) in [5.74, 6) is 0.894. The SMILES string of the molecule is CCCC(CN=C(NCC)N1CCN(Cc2ccon2)CC1)NC(=O)OC(C)(C)C.I. The summed E-state index contributed by atoms with van der Waals surface area (Å²) in [7, 11) is 0. The van der Waals surface area contributed by atoms with Crippen molar-refractivity contribution in [2.24, 2.45) is 4.99 Å². The molecule has 1 aliphatic rings. The molecule has 10 heteroatoms. The predicted octanol–water partition coefficient (Wildman–Crippen LogP) is 3.07. The summed E-state index contributed by atoms with van der Waals surface area (Å²) in [5, 5.41) is 10.4. The lowest BCUT2D eigenvalue weighted by molar-refractivity contribution is 0.0503. The molecule has 0 aliphatic carbocycles. The third-order valence-electron chi connectivity index (χ3n) is 4.70. The van der Waals surface area contributed by atoms with Gasteiger partial charge in [0.2, 0.25) is 0 Å². The number of hydrogen-bond acceptors (Lipinski definition) is 6. The van der Waals surface area contributed by atoms with Crippen LogP contribution in [0.3, 0.4) is 0 Å². The van der Waals surface area contributed by atoms with Gasteiger partial charge in [-0.3, -0.25) is 9.89 Å². The van der Waals surface area contributed by atoms with Gasteiger partial charge in [0.15, 0.2) is 5.96 Å². The number of ether oxygens (including phenoxy) is 1. The first-order chi connectivity index (χ1) is 14.3. The molecule has 0 spiro atoms. The summed E-state index contributed by atoms with van der Waals surface area (Å²) in [5.41, 5.74) is 0.449. The van der Waals surface area contributed by atoms with E-state index < -0.39 is 5.60 Å². The molecule has 1 fully saturated rings. The van der Waals surface area contributed by atoms with Gasteiger partial charge in [0.25, 0.3) is 0 Å². The minimum absolute atomic E-state index is 0. The van der Waals surface area contributed by atoms with Crippen molar-refractivity contribution in [3.8, 4) is 0 Å². The molecule has 178 valence electrons. The summed E-state index contributed by atoms with van der Waals surface area (Å²) >= 11 is 0. The predicted molar refractivity (Wildman–Crippen MR) is 133 cm³/mol. The molecule has 2 N–H and O–H groups in total. The summed E-state index contributed by atoms with van der Waals surface area (Å²) in [6, 6.07) is 1.86. The lowest BCUT2D eigenvalue weighted by Gasteiger charge is -2.36. The van der Waals surface area contributed by atoms with Crippen molar-refractivity contribution in [3.63, 3.8) is 0 Å². The highest BCUT2D eigenvalue weighted by atomic mass is 127. The van der Waals surface area contributed by atoms with Gasteiger partial charge in [-0.1, -0.05) is 18.5 Å². The van der Waals surface area contributed by atoms with Crippen LogP contribution < -0.4 is 10.6 Å². The standard InChI is InChI=1S/C21H38N6O3.HI/c1-6-8-17(24-20(28)30-21(3,4)5)15-23-19(22-7-2)27-12-10-26(11-13-27)16-18-9-14-29-25-18;/h9,14,17H,6-8,10-13,15-16H2,1-5H3,(H,22,23)(H,24,28);1H. The highest BCUT2D eigenvalue weighted by Gasteiger charge is 2.22. The number of nitrogens with zero attached hydrogens (tertiary/aromatic N) is 4.